The topological polar surface area (TPSA) is 48.6 Å². The molecule has 1 unspecified atom stereocenters. The summed E-state index contributed by atoms with van der Waals surface area (Å²) in [6.07, 6.45) is 0.910. The van der Waals surface area contributed by atoms with Gasteiger partial charge in [0.2, 0.25) is 0 Å². The van der Waals surface area contributed by atoms with E-state index in [2.05, 4.69) is 16.9 Å². The smallest absolute Gasteiger partial charge is 0.270 e. The molecule has 1 fully saturated rings. The lowest BCUT2D eigenvalue weighted by Crippen LogP contribution is -2.47. The molecule has 5 nitrogen and oxygen atoms in total. The van der Waals surface area contributed by atoms with Gasteiger partial charge in [-0.3, -0.25) is 4.79 Å². The van der Waals surface area contributed by atoms with Crippen LogP contribution in [0.15, 0.2) is 6.07 Å². The van der Waals surface area contributed by atoms with Gasteiger partial charge in [0.1, 0.15) is 16.1 Å². The zero-order chi connectivity index (χ0) is 15.9. The van der Waals surface area contributed by atoms with Crippen molar-refractivity contribution in [2.45, 2.75) is 23.3 Å². The molecule has 122 valence electrons. The van der Waals surface area contributed by atoms with E-state index >= 15 is 0 Å². The van der Waals surface area contributed by atoms with Gasteiger partial charge in [0, 0.05) is 44.5 Å². The summed E-state index contributed by atoms with van der Waals surface area (Å²) in [5.74, 6) is 0.0343. The molecule has 1 amide bonds. The highest BCUT2D eigenvalue weighted by Crippen LogP contribution is 2.47. The van der Waals surface area contributed by atoms with Gasteiger partial charge in [0.15, 0.2) is 0 Å². The summed E-state index contributed by atoms with van der Waals surface area (Å²) < 4.78 is 4.52. The van der Waals surface area contributed by atoms with Crippen molar-refractivity contribution in [1.29, 1.82) is 0 Å². The number of nitrogens with one attached hydrogen (secondary N) is 1. The Kier molecular flexibility index (Phi) is 4.42. The second-order valence-electron chi connectivity index (χ2n) is 6.09. The maximum absolute atomic E-state index is 12.6. The normalized spacial score (nSPS) is 25.1. The van der Waals surface area contributed by atoms with Crippen molar-refractivity contribution in [2.75, 3.05) is 40.3 Å². The molecule has 1 aromatic heterocycles. The van der Waals surface area contributed by atoms with Crippen LogP contribution in [0.2, 0.25) is 0 Å². The lowest BCUT2D eigenvalue weighted by molar-refractivity contribution is 0.0658. The van der Waals surface area contributed by atoms with E-state index in [1.54, 1.807) is 7.11 Å². The molecule has 1 aliphatic heterocycles. The van der Waals surface area contributed by atoms with Gasteiger partial charge in [-0.05, 0) is 26.0 Å². The fourth-order valence-electron chi connectivity index (χ4n) is 3.20. The number of methoxy groups -OCH3 is 1. The minimum Gasteiger partial charge on any atom is -0.374 e. The predicted molar refractivity (Wildman–Crippen MR) is 86.7 cm³/mol. The van der Waals surface area contributed by atoms with E-state index in [1.807, 2.05) is 11.0 Å². The Bertz CT molecular complexity index is 565. The van der Waals surface area contributed by atoms with Crippen LogP contribution in [-0.2, 0) is 11.2 Å². The van der Waals surface area contributed by atoms with E-state index in [1.165, 1.54) is 0 Å². The molecule has 1 aromatic rings. The van der Waals surface area contributed by atoms with Crippen LogP contribution in [-0.4, -0.2) is 65.4 Å². The molecule has 2 heterocycles. The standard InChI is InChI=1S/C15H21Cl2N3O2/c1-19-5-7-20(8-6-19)14(21)12-9-10-11(18-12)3-4-15(16,17)13(10)22-2/h9,13,18H,3-8H2,1-2H3. The maximum atomic E-state index is 12.6. The van der Waals surface area contributed by atoms with Gasteiger partial charge < -0.3 is 19.5 Å². The molecule has 0 saturated carbocycles. The minimum absolute atomic E-state index is 0.0343. The average molecular weight is 346 g/mol. The Hall–Kier alpha value is -0.750. The Morgan fingerprint density at radius 2 is 2.05 bits per heavy atom. The van der Waals surface area contributed by atoms with Gasteiger partial charge in [-0.1, -0.05) is 23.2 Å². The van der Waals surface area contributed by atoms with Crippen molar-refractivity contribution in [1.82, 2.24) is 14.8 Å². The highest BCUT2D eigenvalue weighted by molar-refractivity contribution is 6.49. The van der Waals surface area contributed by atoms with Gasteiger partial charge in [-0.15, -0.1) is 0 Å². The second-order valence-corrected chi connectivity index (χ2v) is 7.63. The molecule has 0 aromatic carbocycles. The summed E-state index contributed by atoms with van der Waals surface area (Å²) in [5.41, 5.74) is 2.50. The van der Waals surface area contributed by atoms with Crippen LogP contribution in [0.1, 0.15) is 34.3 Å². The summed E-state index contributed by atoms with van der Waals surface area (Å²) in [5, 5.41) is 0. The molecule has 1 N–H and O–H groups in total. The van der Waals surface area contributed by atoms with E-state index in [0.29, 0.717) is 12.1 Å². The number of fused-ring (bicyclic) bond motifs is 1. The third-order valence-electron chi connectivity index (χ3n) is 4.56. The van der Waals surface area contributed by atoms with Crippen LogP contribution in [0, 0.1) is 0 Å². The number of H-pyrrole nitrogens is 1. The monoisotopic (exact) mass is 345 g/mol. The number of amides is 1. The van der Waals surface area contributed by atoms with Crippen LogP contribution in [0.25, 0.3) is 0 Å². The first-order valence-corrected chi connectivity index (χ1v) is 8.28. The zero-order valence-corrected chi connectivity index (χ0v) is 14.4. The molecule has 0 bridgehead atoms. The van der Waals surface area contributed by atoms with Crippen molar-refractivity contribution in [3.8, 4) is 0 Å². The number of alkyl halides is 2. The van der Waals surface area contributed by atoms with Crippen LogP contribution >= 0.6 is 23.2 Å². The van der Waals surface area contributed by atoms with Gasteiger partial charge in [-0.2, -0.15) is 0 Å². The summed E-state index contributed by atoms with van der Waals surface area (Å²) in [7, 11) is 3.66. The van der Waals surface area contributed by atoms with E-state index in [-0.39, 0.29) is 5.91 Å². The molecule has 0 radical (unpaired) electrons. The average Bonchev–Trinajstić information content (AvgIpc) is 2.90. The number of likely N-dealkylation sites (N-methyl/N-ethyl adjacent to an activating group) is 1. The summed E-state index contributed by atoms with van der Waals surface area (Å²) in [4.78, 5) is 20.0. The van der Waals surface area contributed by atoms with Crippen molar-refractivity contribution in [3.63, 3.8) is 0 Å². The van der Waals surface area contributed by atoms with Crippen molar-refractivity contribution in [3.05, 3.63) is 23.0 Å². The van der Waals surface area contributed by atoms with Crippen LogP contribution in [0.3, 0.4) is 0 Å². The molecule has 2 aliphatic rings. The van der Waals surface area contributed by atoms with Gasteiger partial charge in [0.25, 0.3) is 5.91 Å². The number of hydrogen-bond acceptors (Lipinski definition) is 3. The van der Waals surface area contributed by atoms with Gasteiger partial charge in [-0.25, -0.2) is 0 Å². The number of carbonyl (C=O) groups is 1. The third-order valence-corrected chi connectivity index (χ3v) is 5.34. The number of aromatic amines is 1. The molecular formula is C15H21Cl2N3O2. The number of aryl methyl sites for hydroxylation is 1. The first kappa shape index (κ1) is 16.1. The van der Waals surface area contributed by atoms with Gasteiger partial charge in [0.05, 0.1) is 0 Å². The minimum atomic E-state index is -0.946. The number of hydrogen-bond donors (Lipinski definition) is 1. The Labute approximate surface area is 140 Å². The predicted octanol–water partition coefficient (Wildman–Crippen LogP) is 2.21. The Morgan fingerprint density at radius 3 is 2.68 bits per heavy atom. The third kappa shape index (κ3) is 2.87. The first-order valence-electron chi connectivity index (χ1n) is 7.52. The number of aromatic nitrogens is 1. The number of ether oxygens (including phenoxy) is 1. The molecule has 7 heteroatoms. The maximum Gasteiger partial charge on any atom is 0.270 e. The highest BCUT2D eigenvalue weighted by Gasteiger charge is 2.42. The number of carbonyl (C=O) groups excluding carboxylic acids is 1. The molecule has 0 spiro atoms. The van der Waals surface area contributed by atoms with E-state index in [4.69, 9.17) is 27.9 Å². The Balaban J connectivity index is 1.82. The van der Waals surface area contributed by atoms with Crippen LogP contribution in [0.4, 0.5) is 0 Å². The fourth-order valence-corrected chi connectivity index (χ4v) is 3.80. The molecule has 22 heavy (non-hydrogen) atoms. The number of halogens is 2. The number of piperazine rings is 1. The zero-order valence-electron chi connectivity index (χ0n) is 12.9. The molecule has 1 saturated heterocycles. The van der Waals surface area contributed by atoms with Crippen LogP contribution < -0.4 is 0 Å². The summed E-state index contributed by atoms with van der Waals surface area (Å²) in [6.45, 7) is 3.31. The molecule has 3 rings (SSSR count). The summed E-state index contributed by atoms with van der Waals surface area (Å²) in [6, 6.07) is 1.85. The first-order chi connectivity index (χ1) is 10.4. The van der Waals surface area contributed by atoms with E-state index in [9.17, 15) is 4.79 Å². The van der Waals surface area contributed by atoms with E-state index < -0.39 is 10.4 Å². The van der Waals surface area contributed by atoms with Crippen molar-refractivity contribution < 1.29 is 9.53 Å². The Morgan fingerprint density at radius 1 is 1.36 bits per heavy atom. The number of rotatable bonds is 2. The van der Waals surface area contributed by atoms with Crippen molar-refractivity contribution >= 4 is 29.1 Å². The largest absolute Gasteiger partial charge is 0.374 e. The highest BCUT2D eigenvalue weighted by atomic mass is 35.5. The van der Waals surface area contributed by atoms with Crippen molar-refractivity contribution in [2.24, 2.45) is 0 Å². The molecule has 1 aliphatic carbocycles. The SMILES string of the molecule is COC1c2cc(C(=O)N3CCN(C)CC3)[nH]c2CCC1(Cl)Cl. The lowest BCUT2D eigenvalue weighted by Gasteiger charge is -2.33. The molecular weight excluding hydrogens is 325 g/mol. The molecule has 1 atom stereocenters. The van der Waals surface area contributed by atoms with Gasteiger partial charge >= 0.3 is 0 Å². The lowest BCUT2D eigenvalue weighted by atomic mass is 9.94. The van der Waals surface area contributed by atoms with E-state index in [0.717, 1.165) is 43.9 Å². The van der Waals surface area contributed by atoms with Crippen LogP contribution in [0.5, 0.6) is 0 Å². The fraction of sp³-hybridized carbons (Fsp3) is 0.667. The second kappa shape index (κ2) is 6.04. The quantitative estimate of drug-likeness (QED) is 0.836. The number of nitrogens with zero attached hydrogens (tertiary/aromatic N) is 2. The summed E-state index contributed by atoms with van der Waals surface area (Å²) >= 11 is 12.7.